The maximum absolute atomic E-state index is 12.6. The second kappa shape index (κ2) is 9.97. The molecule has 1 aliphatic carbocycles. The second-order valence-corrected chi connectivity index (χ2v) is 9.60. The summed E-state index contributed by atoms with van der Waals surface area (Å²) in [6.07, 6.45) is 3.87. The number of rotatable bonds is 7. The predicted molar refractivity (Wildman–Crippen MR) is 132 cm³/mol. The molecule has 0 radical (unpaired) electrons. The van der Waals surface area contributed by atoms with Gasteiger partial charge in [0.05, 0.1) is 18.9 Å². The van der Waals surface area contributed by atoms with E-state index in [1.54, 1.807) is 11.8 Å². The van der Waals surface area contributed by atoms with Gasteiger partial charge in [-0.1, -0.05) is 30.0 Å². The molecule has 7 nitrogen and oxygen atoms in total. The SMILES string of the molecule is Cc1cccc(-n2c(SCCC(=O)Nc3ccc4c(c3)CCC4)nnc2N2CCOCC2)c1. The molecule has 2 heterocycles. The Bertz CT molecular complexity index is 1140. The molecular formula is C25H29N5O2S. The molecule has 1 aromatic heterocycles. The number of carbonyl (C=O) groups excluding carboxylic acids is 1. The maximum Gasteiger partial charge on any atom is 0.232 e. The molecule has 2 aromatic carbocycles. The summed E-state index contributed by atoms with van der Waals surface area (Å²) < 4.78 is 7.61. The van der Waals surface area contributed by atoms with Crippen LogP contribution in [0.25, 0.3) is 5.69 Å². The molecule has 172 valence electrons. The van der Waals surface area contributed by atoms with Gasteiger partial charge in [-0.2, -0.15) is 0 Å². The van der Waals surface area contributed by atoms with Crippen molar-refractivity contribution in [3.05, 3.63) is 59.2 Å². The highest BCUT2D eigenvalue weighted by Crippen LogP contribution is 2.28. The van der Waals surface area contributed by atoms with Crippen molar-refractivity contribution >= 4 is 29.3 Å². The summed E-state index contributed by atoms with van der Waals surface area (Å²) >= 11 is 1.56. The number of morpholine rings is 1. The lowest BCUT2D eigenvalue weighted by atomic mass is 10.1. The van der Waals surface area contributed by atoms with Gasteiger partial charge in [0.2, 0.25) is 11.9 Å². The van der Waals surface area contributed by atoms with Crippen LogP contribution in [0.3, 0.4) is 0 Å². The number of thioether (sulfide) groups is 1. The lowest BCUT2D eigenvalue weighted by Gasteiger charge is -2.28. The van der Waals surface area contributed by atoms with E-state index in [4.69, 9.17) is 4.74 Å². The Hall–Kier alpha value is -2.84. The maximum atomic E-state index is 12.6. The Labute approximate surface area is 198 Å². The van der Waals surface area contributed by atoms with E-state index in [0.717, 1.165) is 48.4 Å². The van der Waals surface area contributed by atoms with Crippen LogP contribution in [-0.4, -0.2) is 52.7 Å². The second-order valence-electron chi connectivity index (χ2n) is 8.54. The first-order valence-corrected chi connectivity index (χ1v) is 12.6. The van der Waals surface area contributed by atoms with Crippen LogP contribution >= 0.6 is 11.8 Å². The number of aryl methyl sites for hydroxylation is 3. The standard InChI is InChI=1S/C25H29N5O2S/c1-18-4-2-7-22(16-18)30-24(29-11-13-32-14-12-29)27-28-25(30)33-15-10-23(31)26-21-9-8-19-5-3-6-20(19)17-21/h2,4,7-9,16-17H,3,5-6,10-15H2,1H3,(H,26,31). The van der Waals surface area contributed by atoms with E-state index in [0.29, 0.717) is 25.4 Å². The van der Waals surface area contributed by atoms with Crippen LogP contribution in [0, 0.1) is 6.92 Å². The molecule has 0 bridgehead atoms. The number of carbonyl (C=O) groups is 1. The summed E-state index contributed by atoms with van der Waals surface area (Å²) in [6.45, 7) is 5.03. The zero-order chi connectivity index (χ0) is 22.6. The van der Waals surface area contributed by atoms with Crippen molar-refractivity contribution in [2.75, 3.05) is 42.3 Å². The fourth-order valence-electron chi connectivity index (χ4n) is 4.42. The molecule has 3 aromatic rings. The van der Waals surface area contributed by atoms with Crippen LogP contribution in [0.1, 0.15) is 29.5 Å². The Morgan fingerprint density at radius 3 is 2.79 bits per heavy atom. The van der Waals surface area contributed by atoms with Gasteiger partial charge in [-0.25, -0.2) is 0 Å². The largest absolute Gasteiger partial charge is 0.378 e. The van der Waals surface area contributed by atoms with Crippen LogP contribution in [-0.2, 0) is 22.4 Å². The topological polar surface area (TPSA) is 72.3 Å². The fraction of sp³-hybridized carbons (Fsp3) is 0.400. The summed E-state index contributed by atoms with van der Waals surface area (Å²) in [5, 5.41) is 12.8. The van der Waals surface area contributed by atoms with Crippen LogP contribution in [0.5, 0.6) is 0 Å². The number of fused-ring (bicyclic) bond motifs is 1. The van der Waals surface area contributed by atoms with Gasteiger partial charge in [0.15, 0.2) is 5.16 Å². The minimum Gasteiger partial charge on any atom is -0.378 e. The van der Waals surface area contributed by atoms with Gasteiger partial charge in [-0.15, -0.1) is 10.2 Å². The van der Waals surface area contributed by atoms with Gasteiger partial charge in [-0.05, 0) is 67.1 Å². The van der Waals surface area contributed by atoms with Gasteiger partial charge in [0.1, 0.15) is 0 Å². The lowest BCUT2D eigenvalue weighted by Crippen LogP contribution is -2.37. The smallest absolute Gasteiger partial charge is 0.232 e. The molecule has 0 atom stereocenters. The van der Waals surface area contributed by atoms with Crippen molar-refractivity contribution in [3.63, 3.8) is 0 Å². The number of benzene rings is 2. The first-order valence-electron chi connectivity index (χ1n) is 11.6. The van der Waals surface area contributed by atoms with E-state index >= 15 is 0 Å². The highest BCUT2D eigenvalue weighted by Gasteiger charge is 2.22. The minimum absolute atomic E-state index is 0.0236. The van der Waals surface area contributed by atoms with Gasteiger partial charge in [0.25, 0.3) is 0 Å². The molecule has 1 amide bonds. The minimum atomic E-state index is 0.0236. The van der Waals surface area contributed by atoms with Crippen LogP contribution in [0.2, 0.25) is 0 Å². The number of aromatic nitrogens is 3. The predicted octanol–water partition coefficient (Wildman–Crippen LogP) is 4.02. The van der Waals surface area contributed by atoms with Crippen LogP contribution in [0.15, 0.2) is 47.6 Å². The molecule has 2 aliphatic rings. The van der Waals surface area contributed by atoms with Crippen molar-refractivity contribution in [2.45, 2.75) is 37.8 Å². The third-order valence-corrected chi connectivity index (χ3v) is 7.04. The average Bonchev–Trinajstić information content (AvgIpc) is 3.46. The number of amides is 1. The fourth-order valence-corrected chi connectivity index (χ4v) is 5.31. The van der Waals surface area contributed by atoms with Gasteiger partial charge in [0, 0.05) is 31.0 Å². The van der Waals surface area contributed by atoms with Gasteiger partial charge >= 0.3 is 0 Å². The van der Waals surface area contributed by atoms with Crippen LogP contribution < -0.4 is 10.2 Å². The first kappa shape index (κ1) is 22.0. The number of nitrogens with zero attached hydrogens (tertiary/aromatic N) is 4. The van der Waals surface area contributed by atoms with Gasteiger partial charge in [-0.3, -0.25) is 9.36 Å². The normalized spacial score (nSPS) is 15.5. The van der Waals surface area contributed by atoms with Crippen molar-refractivity contribution < 1.29 is 9.53 Å². The van der Waals surface area contributed by atoms with E-state index in [1.807, 2.05) is 12.1 Å². The number of hydrogen-bond acceptors (Lipinski definition) is 6. The monoisotopic (exact) mass is 463 g/mol. The quantitative estimate of drug-likeness (QED) is 0.534. The molecule has 0 spiro atoms. The third-order valence-electron chi connectivity index (χ3n) is 6.11. The van der Waals surface area contributed by atoms with Crippen molar-refractivity contribution in [2.24, 2.45) is 0 Å². The van der Waals surface area contributed by atoms with Crippen molar-refractivity contribution in [1.82, 2.24) is 14.8 Å². The van der Waals surface area contributed by atoms with E-state index in [1.165, 1.54) is 23.1 Å². The molecule has 33 heavy (non-hydrogen) atoms. The van der Waals surface area contributed by atoms with Gasteiger partial charge < -0.3 is 15.0 Å². The molecule has 1 aliphatic heterocycles. The zero-order valence-corrected chi connectivity index (χ0v) is 19.7. The van der Waals surface area contributed by atoms with E-state index in [2.05, 4.69) is 62.2 Å². The zero-order valence-electron chi connectivity index (χ0n) is 18.9. The molecule has 5 rings (SSSR count). The molecule has 8 heteroatoms. The molecule has 1 fully saturated rings. The van der Waals surface area contributed by atoms with E-state index < -0.39 is 0 Å². The average molecular weight is 464 g/mol. The number of anilines is 2. The van der Waals surface area contributed by atoms with E-state index in [-0.39, 0.29) is 5.91 Å². The molecule has 0 unspecified atom stereocenters. The third kappa shape index (κ3) is 5.07. The molecule has 1 N–H and O–H groups in total. The number of nitrogens with one attached hydrogen (secondary N) is 1. The summed E-state index contributed by atoms with van der Waals surface area (Å²) in [6, 6.07) is 14.6. The molecule has 1 saturated heterocycles. The van der Waals surface area contributed by atoms with E-state index in [9.17, 15) is 4.79 Å². The highest BCUT2D eigenvalue weighted by atomic mass is 32.2. The Balaban J connectivity index is 1.27. The highest BCUT2D eigenvalue weighted by molar-refractivity contribution is 7.99. The Morgan fingerprint density at radius 1 is 1.09 bits per heavy atom. The molecular weight excluding hydrogens is 434 g/mol. The summed E-state index contributed by atoms with van der Waals surface area (Å²) in [4.78, 5) is 14.8. The Morgan fingerprint density at radius 2 is 1.94 bits per heavy atom. The van der Waals surface area contributed by atoms with Crippen molar-refractivity contribution in [3.8, 4) is 5.69 Å². The lowest BCUT2D eigenvalue weighted by molar-refractivity contribution is -0.115. The number of hydrogen-bond donors (Lipinski definition) is 1. The summed E-state index contributed by atoms with van der Waals surface area (Å²) in [7, 11) is 0. The summed E-state index contributed by atoms with van der Waals surface area (Å²) in [5.41, 5.74) is 5.88. The first-order chi connectivity index (χ1) is 16.2. The van der Waals surface area contributed by atoms with Crippen LogP contribution in [0.4, 0.5) is 11.6 Å². The summed E-state index contributed by atoms with van der Waals surface area (Å²) in [5.74, 6) is 1.48. The Kier molecular flexibility index (Phi) is 6.64. The number of ether oxygens (including phenoxy) is 1. The van der Waals surface area contributed by atoms with Crippen molar-refractivity contribution in [1.29, 1.82) is 0 Å². The molecule has 0 saturated carbocycles.